The third-order valence-corrected chi connectivity index (χ3v) is 2.47. The van der Waals surface area contributed by atoms with Crippen molar-refractivity contribution in [1.82, 2.24) is 9.78 Å². The number of rotatable bonds is 2. The number of aromatic nitrogens is 2. The van der Waals surface area contributed by atoms with Gasteiger partial charge in [0.25, 0.3) is 0 Å². The topological polar surface area (TPSA) is 43.8 Å². The van der Waals surface area contributed by atoms with Crippen molar-refractivity contribution < 1.29 is 0 Å². The lowest BCUT2D eigenvalue weighted by molar-refractivity contribution is 0.803. The second-order valence-corrected chi connectivity index (χ2v) is 3.77. The van der Waals surface area contributed by atoms with Crippen molar-refractivity contribution in [3.05, 3.63) is 47.8 Å². The van der Waals surface area contributed by atoms with Gasteiger partial charge in [0, 0.05) is 17.9 Å². The molecule has 0 aliphatic carbocycles. The molecule has 0 unspecified atom stereocenters. The van der Waals surface area contributed by atoms with Gasteiger partial charge in [-0.2, -0.15) is 5.10 Å². The fraction of sp³-hybridized carbons (Fsp3) is 0.250. The summed E-state index contributed by atoms with van der Waals surface area (Å²) >= 11 is 0. The van der Waals surface area contributed by atoms with E-state index in [9.17, 15) is 0 Å². The zero-order chi connectivity index (χ0) is 10.8. The van der Waals surface area contributed by atoms with Crippen LogP contribution in [0.5, 0.6) is 0 Å². The minimum absolute atomic E-state index is 0.0563. The molecule has 0 saturated carbocycles. The minimum Gasteiger partial charge on any atom is -0.324 e. The molecule has 0 radical (unpaired) electrons. The molecule has 1 aromatic carbocycles. The van der Waals surface area contributed by atoms with Crippen LogP contribution in [0.3, 0.4) is 0 Å². The number of aryl methyl sites for hydroxylation is 1. The van der Waals surface area contributed by atoms with Gasteiger partial charge in [0.15, 0.2) is 0 Å². The fourth-order valence-corrected chi connectivity index (χ4v) is 1.58. The second kappa shape index (κ2) is 3.87. The first-order valence-corrected chi connectivity index (χ1v) is 5.05. The van der Waals surface area contributed by atoms with Gasteiger partial charge in [0.2, 0.25) is 0 Å². The molecule has 0 spiro atoms. The largest absolute Gasteiger partial charge is 0.324 e. The zero-order valence-corrected chi connectivity index (χ0v) is 9.01. The molecule has 1 heterocycles. The Hall–Kier alpha value is -1.61. The summed E-state index contributed by atoms with van der Waals surface area (Å²) in [5, 5.41) is 4.26. The maximum atomic E-state index is 5.84. The molecule has 0 fully saturated rings. The highest BCUT2D eigenvalue weighted by molar-refractivity contribution is 5.37. The SMILES string of the molecule is Cc1ccnn1-c1cccc([C@H](C)N)c1. The van der Waals surface area contributed by atoms with Crippen molar-refractivity contribution in [2.45, 2.75) is 19.9 Å². The van der Waals surface area contributed by atoms with Crippen molar-refractivity contribution in [3.63, 3.8) is 0 Å². The Labute approximate surface area is 89.5 Å². The van der Waals surface area contributed by atoms with E-state index < -0.39 is 0 Å². The molecule has 0 amide bonds. The summed E-state index contributed by atoms with van der Waals surface area (Å²) in [5.41, 5.74) is 9.16. The molecule has 1 atom stereocenters. The Bertz CT molecular complexity index is 457. The van der Waals surface area contributed by atoms with E-state index in [4.69, 9.17) is 5.73 Å². The van der Waals surface area contributed by atoms with Gasteiger partial charge in [0.05, 0.1) is 5.69 Å². The van der Waals surface area contributed by atoms with Crippen LogP contribution in [0.4, 0.5) is 0 Å². The fourth-order valence-electron chi connectivity index (χ4n) is 1.58. The smallest absolute Gasteiger partial charge is 0.0651 e. The van der Waals surface area contributed by atoms with Crippen LogP contribution in [0, 0.1) is 6.92 Å². The summed E-state index contributed by atoms with van der Waals surface area (Å²) < 4.78 is 1.91. The highest BCUT2D eigenvalue weighted by atomic mass is 15.3. The van der Waals surface area contributed by atoms with Crippen LogP contribution < -0.4 is 5.73 Å². The van der Waals surface area contributed by atoms with Gasteiger partial charge in [-0.15, -0.1) is 0 Å². The van der Waals surface area contributed by atoms with Crippen molar-refractivity contribution >= 4 is 0 Å². The van der Waals surface area contributed by atoms with Gasteiger partial charge in [-0.1, -0.05) is 12.1 Å². The first kappa shape index (κ1) is 9.93. The van der Waals surface area contributed by atoms with Gasteiger partial charge in [-0.25, -0.2) is 4.68 Å². The van der Waals surface area contributed by atoms with E-state index in [1.54, 1.807) is 6.20 Å². The lowest BCUT2D eigenvalue weighted by Gasteiger charge is -2.09. The molecule has 15 heavy (non-hydrogen) atoms. The van der Waals surface area contributed by atoms with E-state index in [-0.39, 0.29) is 6.04 Å². The van der Waals surface area contributed by atoms with E-state index in [0.717, 1.165) is 16.9 Å². The third-order valence-electron chi connectivity index (χ3n) is 2.47. The van der Waals surface area contributed by atoms with Gasteiger partial charge in [-0.3, -0.25) is 0 Å². The quantitative estimate of drug-likeness (QED) is 0.809. The molecule has 3 nitrogen and oxygen atoms in total. The van der Waals surface area contributed by atoms with Crippen LogP contribution >= 0.6 is 0 Å². The Balaban J connectivity index is 2.46. The van der Waals surface area contributed by atoms with Crippen LogP contribution in [-0.2, 0) is 0 Å². The molecule has 2 rings (SSSR count). The molecular weight excluding hydrogens is 186 g/mol. The highest BCUT2D eigenvalue weighted by Gasteiger charge is 2.03. The van der Waals surface area contributed by atoms with E-state index in [2.05, 4.69) is 11.2 Å². The molecule has 0 aliphatic heterocycles. The van der Waals surface area contributed by atoms with E-state index in [1.807, 2.05) is 42.8 Å². The summed E-state index contributed by atoms with van der Waals surface area (Å²) in [4.78, 5) is 0. The van der Waals surface area contributed by atoms with Gasteiger partial charge in [0.1, 0.15) is 0 Å². The first-order chi connectivity index (χ1) is 7.18. The monoisotopic (exact) mass is 201 g/mol. The maximum Gasteiger partial charge on any atom is 0.0651 e. The van der Waals surface area contributed by atoms with E-state index in [0.29, 0.717) is 0 Å². The summed E-state index contributed by atoms with van der Waals surface area (Å²) in [6.07, 6.45) is 1.80. The van der Waals surface area contributed by atoms with Crippen LogP contribution in [0.25, 0.3) is 5.69 Å². The summed E-state index contributed by atoms with van der Waals surface area (Å²) in [6, 6.07) is 10.2. The average Bonchev–Trinajstić information content (AvgIpc) is 2.64. The highest BCUT2D eigenvalue weighted by Crippen LogP contribution is 2.15. The van der Waals surface area contributed by atoms with Crippen LogP contribution in [0.15, 0.2) is 36.5 Å². The zero-order valence-electron chi connectivity index (χ0n) is 9.01. The second-order valence-electron chi connectivity index (χ2n) is 3.77. The first-order valence-electron chi connectivity index (χ1n) is 5.05. The Morgan fingerprint density at radius 1 is 1.33 bits per heavy atom. The molecule has 0 saturated heterocycles. The standard InChI is InChI=1S/C12H15N3/c1-9-6-7-14-15(9)12-5-3-4-11(8-12)10(2)13/h3-8,10H,13H2,1-2H3/t10-/m0/s1. The number of benzene rings is 1. The molecule has 1 aromatic heterocycles. The van der Waals surface area contributed by atoms with Crippen LogP contribution in [0.2, 0.25) is 0 Å². The number of nitrogens with zero attached hydrogens (tertiary/aromatic N) is 2. The van der Waals surface area contributed by atoms with Gasteiger partial charge >= 0.3 is 0 Å². The Morgan fingerprint density at radius 3 is 2.73 bits per heavy atom. The molecule has 2 N–H and O–H groups in total. The van der Waals surface area contributed by atoms with Crippen LogP contribution in [0.1, 0.15) is 24.2 Å². The average molecular weight is 201 g/mol. The van der Waals surface area contributed by atoms with E-state index in [1.165, 1.54) is 0 Å². The number of hydrogen-bond acceptors (Lipinski definition) is 2. The predicted octanol–water partition coefficient (Wildman–Crippen LogP) is 2.20. The summed E-state index contributed by atoms with van der Waals surface area (Å²) in [7, 11) is 0. The lowest BCUT2D eigenvalue weighted by atomic mass is 10.1. The third kappa shape index (κ3) is 1.92. The number of nitrogens with two attached hydrogens (primary N) is 1. The molecule has 78 valence electrons. The van der Waals surface area contributed by atoms with E-state index >= 15 is 0 Å². The lowest BCUT2D eigenvalue weighted by Crippen LogP contribution is -2.06. The Kier molecular flexibility index (Phi) is 2.56. The molecular formula is C12H15N3. The van der Waals surface area contributed by atoms with Gasteiger partial charge < -0.3 is 5.73 Å². The van der Waals surface area contributed by atoms with Crippen LogP contribution in [-0.4, -0.2) is 9.78 Å². The summed E-state index contributed by atoms with van der Waals surface area (Å²) in [6.45, 7) is 4.01. The predicted molar refractivity (Wildman–Crippen MR) is 60.9 cm³/mol. The Morgan fingerprint density at radius 2 is 2.13 bits per heavy atom. The molecule has 0 aliphatic rings. The maximum absolute atomic E-state index is 5.84. The van der Waals surface area contributed by atoms with Crippen molar-refractivity contribution in [1.29, 1.82) is 0 Å². The molecule has 3 heteroatoms. The summed E-state index contributed by atoms with van der Waals surface area (Å²) in [5.74, 6) is 0. The molecule has 0 bridgehead atoms. The molecule has 2 aromatic rings. The number of hydrogen-bond donors (Lipinski definition) is 1. The van der Waals surface area contributed by atoms with Crippen molar-refractivity contribution in [2.75, 3.05) is 0 Å². The van der Waals surface area contributed by atoms with Crippen molar-refractivity contribution in [3.8, 4) is 5.69 Å². The van der Waals surface area contributed by atoms with Crippen molar-refractivity contribution in [2.24, 2.45) is 5.73 Å². The normalized spacial score (nSPS) is 12.7. The minimum atomic E-state index is 0.0563. The van der Waals surface area contributed by atoms with Gasteiger partial charge in [-0.05, 0) is 37.6 Å².